The van der Waals surface area contributed by atoms with Crippen LogP contribution in [-0.4, -0.2) is 96.7 Å². The van der Waals surface area contributed by atoms with Crippen LogP contribution in [0.25, 0.3) is 22.3 Å². The van der Waals surface area contributed by atoms with Crippen molar-refractivity contribution >= 4 is 58.0 Å². The molecule has 5 aromatic rings. The van der Waals surface area contributed by atoms with Crippen LogP contribution in [0.5, 0.6) is 11.5 Å². The number of nitrogens with zero attached hydrogens (tertiary/aromatic N) is 6. The lowest BCUT2D eigenvalue weighted by atomic mass is 10.0. The summed E-state index contributed by atoms with van der Waals surface area (Å²) in [4.78, 5) is 88.5. The zero-order valence-corrected chi connectivity index (χ0v) is 34.6. The van der Waals surface area contributed by atoms with E-state index in [2.05, 4.69) is 32.5 Å². The molecule has 2 aromatic heterocycles. The van der Waals surface area contributed by atoms with Gasteiger partial charge in [0.05, 0.1) is 22.6 Å². The molecule has 17 heteroatoms. The van der Waals surface area contributed by atoms with Crippen LogP contribution in [0.4, 0.5) is 11.5 Å². The Balaban J connectivity index is 0.804. The minimum Gasteiger partial charge on any atom is -0.457 e. The Hall–Kier alpha value is -7.43. The summed E-state index contributed by atoms with van der Waals surface area (Å²) in [6.07, 6.45) is 8.43. The van der Waals surface area contributed by atoms with Crippen LogP contribution >= 0.6 is 0 Å². The molecular weight excluding hydrogens is 805 g/mol. The van der Waals surface area contributed by atoms with Crippen LogP contribution in [-0.2, 0) is 19.2 Å². The van der Waals surface area contributed by atoms with Gasteiger partial charge in [-0.15, -0.1) is 0 Å². The van der Waals surface area contributed by atoms with E-state index in [4.69, 9.17) is 15.6 Å². The summed E-state index contributed by atoms with van der Waals surface area (Å²) in [7, 11) is 0. The molecule has 2 fully saturated rings. The molecule has 3 aliphatic rings. The Morgan fingerprint density at radius 2 is 1.60 bits per heavy atom. The van der Waals surface area contributed by atoms with Crippen molar-refractivity contribution in [2.24, 2.45) is 0 Å². The number of piperidine rings is 1. The van der Waals surface area contributed by atoms with E-state index in [0.29, 0.717) is 53.4 Å². The monoisotopic (exact) mass is 852 g/mol. The minimum atomic E-state index is -1.01. The van der Waals surface area contributed by atoms with Crippen molar-refractivity contribution in [1.82, 2.24) is 40.2 Å². The normalized spacial score (nSPS) is 18.4. The van der Waals surface area contributed by atoms with Gasteiger partial charge in [0.25, 0.3) is 11.8 Å². The predicted molar refractivity (Wildman–Crippen MR) is 233 cm³/mol. The number of rotatable bonds is 17. The lowest BCUT2D eigenvalue weighted by Gasteiger charge is -2.27. The molecule has 17 nitrogen and oxygen atoms in total. The number of anilines is 2. The first-order valence-corrected chi connectivity index (χ1v) is 21.2. The Morgan fingerprint density at radius 3 is 2.35 bits per heavy atom. The Morgan fingerprint density at radius 1 is 0.873 bits per heavy atom. The number of imide groups is 2. The zero-order chi connectivity index (χ0) is 44.0. The van der Waals surface area contributed by atoms with Gasteiger partial charge >= 0.3 is 0 Å². The molecular formula is C46H48N10O7. The van der Waals surface area contributed by atoms with E-state index in [0.717, 1.165) is 49.0 Å². The number of nitrogen functional groups attached to an aromatic ring is 1. The molecule has 324 valence electrons. The minimum absolute atomic E-state index is 0.0620. The van der Waals surface area contributed by atoms with Gasteiger partial charge in [0.1, 0.15) is 41.4 Å². The first kappa shape index (κ1) is 42.3. The molecule has 3 aromatic carbocycles. The number of unbranched alkanes of at least 4 members (excludes halogenated alkanes) is 5. The number of amides is 6. The lowest BCUT2D eigenvalue weighted by Crippen LogP contribution is -2.54. The molecule has 0 radical (unpaired) electrons. The van der Waals surface area contributed by atoms with Crippen LogP contribution in [0.2, 0.25) is 0 Å². The number of hydrogen-bond acceptors (Lipinski definition) is 12. The fourth-order valence-electron chi connectivity index (χ4n) is 8.53. The SMILES string of the molecule is C=CC(=O)N1CC(n2nc(-c3ccc(Oc4ccccc4)cc3)c3c(N)ncnc32)CC1C(=O)NCCCCCCCCNc1cccc2c1C(=O)N(C1CCC(=O)NC1=O)C2=O. The van der Waals surface area contributed by atoms with Crippen molar-refractivity contribution in [2.75, 3.05) is 30.7 Å². The van der Waals surface area contributed by atoms with E-state index in [1.54, 1.807) is 22.9 Å². The maximum Gasteiger partial charge on any atom is 0.264 e. The van der Waals surface area contributed by atoms with Crippen LogP contribution in [0.15, 0.2) is 91.8 Å². The molecule has 3 aliphatic heterocycles. The molecule has 63 heavy (non-hydrogen) atoms. The van der Waals surface area contributed by atoms with Crippen molar-refractivity contribution < 1.29 is 33.5 Å². The fraction of sp³-hybridized carbons (Fsp3) is 0.326. The molecule has 0 aliphatic carbocycles. The van der Waals surface area contributed by atoms with Crippen LogP contribution in [0.1, 0.15) is 84.5 Å². The summed E-state index contributed by atoms with van der Waals surface area (Å²) in [5.41, 5.74) is 9.28. The standard InChI is InChI=1S/C46H48N10O7/c1-2-37(58)54-26-29(56-42-39(41(47)50-27-51-42)40(53-56)28-17-19-31(20-18-28)63-30-13-8-7-9-14-30)25-35(54)43(59)49-24-11-6-4-3-5-10-23-48-33-16-12-15-32-38(33)46(62)55(45(32)61)34-21-22-36(57)52-44(34)60/h2,7-9,12-20,27,29,34-35,48H,1,3-6,10-11,21-26H2,(H,49,59)(H2,47,50,51)(H,52,57,60). The highest BCUT2D eigenvalue weighted by molar-refractivity contribution is 6.25. The number of benzene rings is 3. The fourth-order valence-corrected chi connectivity index (χ4v) is 8.53. The second-order valence-electron chi connectivity index (χ2n) is 15.8. The Kier molecular flexibility index (Phi) is 12.5. The first-order valence-electron chi connectivity index (χ1n) is 21.2. The van der Waals surface area contributed by atoms with Crippen molar-refractivity contribution in [3.8, 4) is 22.8 Å². The van der Waals surface area contributed by atoms with E-state index in [1.807, 2.05) is 54.6 Å². The predicted octanol–water partition coefficient (Wildman–Crippen LogP) is 5.17. The molecule has 3 unspecified atom stereocenters. The van der Waals surface area contributed by atoms with Crippen molar-refractivity contribution in [2.45, 2.75) is 75.9 Å². The van der Waals surface area contributed by atoms with Crippen LogP contribution in [0.3, 0.4) is 0 Å². The zero-order valence-electron chi connectivity index (χ0n) is 34.6. The van der Waals surface area contributed by atoms with Gasteiger partial charge in [0.15, 0.2) is 5.65 Å². The molecule has 3 atom stereocenters. The lowest BCUT2D eigenvalue weighted by molar-refractivity contribution is -0.136. The van der Waals surface area contributed by atoms with E-state index in [1.165, 1.54) is 17.3 Å². The van der Waals surface area contributed by atoms with Crippen LogP contribution < -0.4 is 26.4 Å². The van der Waals surface area contributed by atoms with Crippen LogP contribution in [0, 0.1) is 0 Å². The van der Waals surface area contributed by atoms with Gasteiger partial charge in [0.2, 0.25) is 23.6 Å². The average molecular weight is 853 g/mol. The number of aromatic nitrogens is 4. The second kappa shape index (κ2) is 18.7. The topological polar surface area (TPSA) is 224 Å². The molecule has 8 rings (SSSR count). The highest BCUT2D eigenvalue weighted by Crippen LogP contribution is 2.37. The number of carbonyl (C=O) groups is 6. The summed E-state index contributed by atoms with van der Waals surface area (Å²) >= 11 is 0. The summed E-state index contributed by atoms with van der Waals surface area (Å²) in [5.74, 6) is -1.09. The maximum absolute atomic E-state index is 13.6. The van der Waals surface area contributed by atoms with E-state index in [9.17, 15) is 28.8 Å². The number of carbonyl (C=O) groups excluding carboxylic acids is 6. The number of nitrogens with one attached hydrogen (secondary N) is 3. The molecule has 0 saturated carbocycles. The van der Waals surface area contributed by atoms with Gasteiger partial charge in [-0.05, 0) is 73.9 Å². The maximum atomic E-state index is 13.6. The quantitative estimate of drug-likeness (QED) is 0.0541. The third-order valence-electron chi connectivity index (χ3n) is 11.7. The number of nitrogens with two attached hydrogens (primary N) is 1. The van der Waals surface area contributed by atoms with E-state index >= 15 is 0 Å². The highest BCUT2D eigenvalue weighted by Gasteiger charge is 2.46. The number of fused-ring (bicyclic) bond motifs is 2. The van der Waals surface area contributed by atoms with Crippen molar-refractivity contribution in [1.29, 1.82) is 0 Å². The Bertz CT molecular complexity index is 2580. The number of para-hydroxylation sites is 1. The van der Waals surface area contributed by atoms with E-state index < -0.39 is 35.7 Å². The summed E-state index contributed by atoms with van der Waals surface area (Å²) in [5, 5.41) is 14.1. The van der Waals surface area contributed by atoms with Crippen molar-refractivity contribution in [3.05, 3.63) is 103 Å². The van der Waals surface area contributed by atoms with E-state index in [-0.39, 0.29) is 54.2 Å². The third-order valence-corrected chi connectivity index (χ3v) is 11.7. The number of likely N-dealkylation sites (tertiary alicyclic amines) is 1. The summed E-state index contributed by atoms with van der Waals surface area (Å²) in [6.45, 7) is 4.94. The average Bonchev–Trinajstić information content (AvgIpc) is 3.98. The van der Waals surface area contributed by atoms with Gasteiger partial charge in [0, 0.05) is 43.7 Å². The molecule has 0 spiro atoms. The van der Waals surface area contributed by atoms with Gasteiger partial charge in [-0.2, -0.15) is 5.10 Å². The Labute approximate surface area is 363 Å². The number of ether oxygens (including phenoxy) is 1. The molecule has 6 amide bonds. The number of hydrogen-bond donors (Lipinski definition) is 4. The largest absolute Gasteiger partial charge is 0.457 e. The second-order valence-corrected chi connectivity index (χ2v) is 15.8. The highest BCUT2D eigenvalue weighted by atomic mass is 16.5. The molecule has 0 bridgehead atoms. The van der Waals surface area contributed by atoms with Crippen molar-refractivity contribution in [3.63, 3.8) is 0 Å². The van der Waals surface area contributed by atoms with Gasteiger partial charge in [-0.3, -0.25) is 39.0 Å². The summed E-state index contributed by atoms with van der Waals surface area (Å²) in [6, 6.07) is 19.9. The third kappa shape index (κ3) is 8.85. The first-order chi connectivity index (χ1) is 30.6. The summed E-state index contributed by atoms with van der Waals surface area (Å²) < 4.78 is 7.71. The molecule has 5 N–H and O–H groups in total. The van der Waals surface area contributed by atoms with Gasteiger partial charge < -0.3 is 26.0 Å². The molecule has 2 saturated heterocycles. The van der Waals surface area contributed by atoms with Gasteiger partial charge in [-0.25, -0.2) is 14.6 Å². The molecule has 5 heterocycles. The van der Waals surface area contributed by atoms with Gasteiger partial charge in [-0.1, -0.05) is 56.5 Å². The smallest absolute Gasteiger partial charge is 0.264 e.